The van der Waals surface area contributed by atoms with Crippen LogP contribution in [0.15, 0.2) is 43.0 Å². The summed E-state index contributed by atoms with van der Waals surface area (Å²) >= 11 is 0. The van der Waals surface area contributed by atoms with Gasteiger partial charge >= 0.3 is 5.97 Å². The molecular formula is C15H22O3Si. The first kappa shape index (κ1) is 15.7. The summed E-state index contributed by atoms with van der Waals surface area (Å²) < 4.78 is 10.7. The maximum Gasteiger partial charge on any atom is 0.330 e. The molecule has 0 aliphatic carbocycles. The Labute approximate surface area is 117 Å². The first-order valence-electron chi connectivity index (χ1n) is 6.69. The summed E-state index contributed by atoms with van der Waals surface area (Å²) in [6.45, 7) is 6.64. The highest BCUT2D eigenvalue weighted by Gasteiger charge is 2.12. The zero-order chi connectivity index (χ0) is 13.9. The SMILES string of the molecule is C=CC(=O)OCCCC([SiH2]OCC)c1ccccc1. The lowest BCUT2D eigenvalue weighted by Gasteiger charge is -2.16. The Morgan fingerprint density at radius 3 is 2.79 bits per heavy atom. The number of carbonyl (C=O) groups is 1. The highest BCUT2D eigenvalue weighted by Crippen LogP contribution is 2.20. The van der Waals surface area contributed by atoms with Crippen LogP contribution in [-0.4, -0.2) is 28.9 Å². The predicted octanol–water partition coefficient (Wildman–Crippen LogP) is 2.36. The van der Waals surface area contributed by atoms with E-state index in [2.05, 4.69) is 30.8 Å². The van der Waals surface area contributed by atoms with Crippen LogP contribution < -0.4 is 0 Å². The number of rotatable bonds is 9. The molecule has 0 fully saturated rings. The summed E-state index contributed by atoms with van der Waals surface area (Å²) in [4.78, 5) is 10.9. The molecule has 1 rings (SSSR count). The van der Waals surface area contributed by atoms with Gasteiger partial charge in [0.05, 0.1) is 6.61 Å². The molecule has 4 heteroatoms. The molecule has 0 aliphatic rings. The molecule has 0 radical (unpaired) electrons. The molecule has 1 unspecified atom stereocenters. The number of hydrogen-bond acceptors (Lipinski definition) is 3. The minimum absolute atomic E-state index is 0.349. The molecule has 1 atom stereocenters. The molecule has 0 aliphatic heterocycles. The number of benzene rings is 1. The third-order valence-electron chi connectivity index (χ3n) is 2.90. The van der Waals surface area contributed by atoms with Crippen LogP contribution in [0.4, 0.5) is 0 Å². The van der Waals surface area contributed by atoms with Crippen molar-refractivity contribution in [1.29, 1.82) is 0 Å². The van der Waals surface area contributed by atoms with Gasteiger partial charge in [-0.15, -0.1) is 0 Å². The number of carbonyl (C=O) groups excluding carboxylic acids is 1. The number of hydrogen-bond donors (Lipinski definition) is 0. The van der Waals surface area contributed by atoms with Gasteiger partial charge in [-0.05, 0) is 30.9 Å². The minimum Gasteiger partial charge on any atom is -0.463 e. The standard InChI is InChI=1S/C15H22O3Si/c1-3-15(16)17-12-8-11-14(19-18-4-2)13-9-6-5-7-10-13/h3,5-7,9-10,14H,1,4,8,11-12,19H2,2H3. The fourth-order valence-electron chi connectivity index (χ4n) is 1.89. The Hall–Kier alpha value is -1.39. The van der Waals surface area contributed by atoms with Crippen LogP contribution in [0.3, 0.4) is 0 Å². The van der Waals surface area contributed by atoms with E-state index in [9.17, 15) is 4.79 Å². The lowest BCUT2D eigenvalue weighted by Crippen LogP contribution is -2.13. The zero-order valence-corrected chi connectivity index (χ0v) is 12.9. The molecule has 104 valence electrons. The van der Waals surface area contributed by atoms with Crippen molar-refractivity contribution in [2.45, 2.75) is 25.3 Å². The van der Waals surface area contributed by atoms with Gasteiger partial charge in [-0.25, -0.2) is 4.79 Å². The van der Waals surface area contributed by atoms with Gasteiger partial charge in [0.15, 0.2) is 9.76 Å². The zero-order valence-electron chi connectivity index (χ0n) is 11.5. The van der Waals surface area contributed by atoms with Gasteiger partial charge in [0.2, 0.25) is 0 Å². The Morgan fingerprint density at radius 1 is 1.42 bits per heavy atom. The van der Waals surface area contributed by atoms with Crippen molar-refractivity contribution in [3.8, 4) is 0 Å². The van der Waals surface area contributed by atoms with Crippen molar-refractivity contribution >= 4 is 15.7 Å². The second-order valence-corrected chi connectivity index (χ2v) is 6.01. The van der Waals surface area contributed by atoms with Crippen molar-refractivity contribution in [2.75, 3.05) is 13.2 Å². The quantitative estimate of drug-likeness (QED) is 0.301. The van der Waals surface area contributed by atoms with Crippen molar-refractivity contribution in [3.05, 3.63) is 48.6 Å². The monoisotopic (exact) mass is 278 g/mol. The van der Waals surface area contributed by atoms with Crippen molar-refractivity contribution in [2.24, 2.45) is 0 Å². The molecule has 0 heterocycles. The van der Waals surface area contributed by atoms with Crippen LogP contribution in [0.2, 0.25) is 0 Å². The fraction of sp³-hybridized carbons (Fsp3) is 0.400. The van der Waals surface area contributed by atoms with Gasteiger partial charge in [0.1, 0.15) is 0 Å². The van der Waals surface area contributed by atoms with Crippen LogP contribution in [-0.2, 0) is 14.0 Å². The third-order valence-corrected chi connectivity index (χ3v) is 4.83. The summed E-state index contributed by atoms with van der Waals surface area (Å²) in [6, 6.07) is 10.4. The second-order valence-electron chi connectivity index (χ2n) is 4.28. The molecule has 0 amide bonds. The van der Waals surface area contributed by atoms with Gasteiger partial charge < -0.3 is 9.16 Å². The molecule has 0 aromatic heterocycles. The van der Waals surface area contributed by atoms with Gasteiger partial charge in [0.25, 0.3) is 0 Å². The van der Waals surface area contributed by atoms with E-state index in [1.165, 1.54) is 11.6 Å². The van der Waals surface area contributed by atoms with Crippen LogP contribution in [0.5, 0.6) is 0 Å². The minimum atomic E-state index is -0.586. The van der Waals surface area contributed by atoms with Gasteiger partial charge in [-0.1, -0.05) is 36.9 Å². The summed E-state index contributed by atoms with van der Waals surface area (Å²) in [5, 5.41) is 0. The molecular weight excluding hydrogens is 256 g/mol. The van der Waals surface area contributed by atoms with Crippen LogP contribution in [0.25, 0.3) is 0 Å². The predicted molar refractivity (Wildman–Crippen MR) is 79.7 cm³/mol. The average molecular weight is 278 g/mol. The first-order valence-corrected chi connectivity index (χ1v) is 8.09. The average Bonchev–Trinajstić information content (AvgIpc) is 2.47. The Morgan fingerprint density at radius 2 is 2.16 bits per heavy atom. The third kappa shape index (κ3) is 6.36. The molecule has 0 N–H and O–H groups in total. The van der Waals surface area contributed by atoms with Crippen LogP contribution in [0, 0.1) is 0 Å². The Bertz CT molecular complexity index is 378. The van der Waals surface area contributed by atoms with E-state index >= 15 is 0 Å². The highest BCUT2D eigenvalue weighted by molar-refractivity contribution is 6.29. The molecule has 0 saturated heterocycles. The fourth-order valence-corrected chi connectivity index (χ4v) is 3.33. The van der Waals surface area contributed by atoms with Gasteiger partial charge in [0, 0.05) is 12.7 Å². The van der Waals surface area contributed by atoms with Crippen molar-refractivity contribution in [1.82, 2.24) is 0 Å². The normalized spacial score (nSPS) is 12.5. The number of ether oxygens (including phenoxy) is 1. The molecule has 3 nitrogen and oxygen atoms in total. The molecule has 1 aromatic rings. The van der Waals surface area contributed by atoms with Crippen LogP contribution >= 0.6 is 0 Å². The molecule has 19 heavy (non-hydrogen) atoms. The smallest absolute Gasteiger partial charge is 0.330 e. The van der Waals surface area contributed by atoms with E-state index in [1.54, 1.807) is 0 Å². The van der Waals surface area contributed by atoms with E-state index < -0.39 is 9.76 Å². The van der Waals surface area contributed by atoms with Crippen molar-refractivity contribution < 1.29 is 14.0 Å². The van der Waals surface area contributed by atoms with Gasteiger partial charge in [-0.3, -0.25) is 0 Å². The van der Waals surface area contributed by atoms with E-state index in [0.717, 1.165) is 19.4 Å². The summed E-state index contributed by atoms with van der Waals surface area (Å²) in [6.07, 6.45) is 3.06. The maximum absolute atomic E-state index is 10.9. The Balaban J connectivity index is 2.42. The number of esters is 1. The Kier molecular flexibility index (Phi) is 7.85. The highest BCUT2D eigenvalue weighted by atomic mass is 28.2. The van der Waals surface area contributed by atoms with Gasteiger partial charge in [-0.2, -0.15) is 0 Å². The van der Waals surface area contributed by atoms with E-state index in [0.29, 0.717) is 12.1 Å². The topological polar surface area (TPSA) is 35.5 Å². The largest absolute Gasteiger partial charge is 0.463 e. The summed E-state index contributed by atoms with van der Waals surface area (Å²) in [5.41, 5.74) is 1.82. The summed E-state index contributed by atoms with van der Waals surface area (Å²) in [7, 11) is -0.586. The molecule has 1 aromatic carbocycles. The first-order chi connectivity index (χ1) is 9.27. The summed E-state index contributed by atoms with van der Waals surface area (Å²) in [5.74, 6) is -0.349. The molecule has 0 spiro atoms. The lowest BCUT2D eigenvalue weighted by molar-refractivity contribution is -0.137. The lowest BCUT2D eigenvalue weighted by atomic mass is 10.1. The molecule has 0 saturated carbocycles. The van der Waals surface area contributed by atoms with E-state index in [-0.39, 0.29) is 5.97 Å². The van der Waals surface area contributed by atoms with E-state index in [4.69, 9.17) is 9.16 Å². The maximum atomic E-state index is 10.9. The second kappa shape index (κ2) is 9.53. The van der Waals surface area contributed by atoms with Crippen LogP contribution in [0.1, 0.15) is 30.9 Å². The molecule has 0 bridgehead atoms. The van der Waals surface area contributed by atoms with Crippen molar-refractivity contribution in [3.63, 3.8) is 0 Å². The van der Waals surface area contributed by atoms with E-state index in [1.807, 2.05) is 13.0 Å².